The van der Waals surface area contributed by atoms with E-state index in [0.717, 1.165) is 28.8 Å². The molecular weight excluding hydrogens is 176 g/mol. The Labute approximate surface area is 82.8 Å². The van der Waals surface area contributed by atoms with Crippen LogP contribution >= 0.6 is 0 Å². The molecule has 0 fully saturated rings. The Bertz CT molecular complexity index is 454. The van der Waals surface area contributed by atoms with Crippen LogP contribution < -0.4 is 4.74 Å². The van der Waals surface area contributed by atoms with Crippen molar-refractivity contribution >= 4 is 10.9 Å². The van der Waals surface area contributed by atoms with E-state index in [0.29, 0.717) is 0 Å². The van der Waals surface area contributed by atoms with Crippen molar-refractivity contribution in [1.82, 2.24) is 9.97 Å². The van der Waals surface area contributed by atoms with Crippen LogP contribution in [0.5, 0.6) is 5.75 Å². The molecule has 3 nitrogen and oxygen atoms in total. The van der Waals surface area contributed by atoms with Gasteiger partial charge in [-0.15, -0.1) is 0 Å². The van der Waals surface area contributed by atoms with E-state index in [1.807, 2.05) is 18.2 Å². The molecular formula is C11H12N2O. The van der Waals surface area contributed by atoms with Gasteiger partial charge < -0.3 is 4.74 Å². The average molecular weight is 188 g/mol. The van der Waals surface area contributed by atoms with E-state index in [1.165, 1.54) is 0 Å². The Hall–Kier alpha value is -1.64. The number of ether oxygens (including phenoxy) is 1. The summed E-state index contributed by atoms with van der Waals surface area (Å²) in [4.78, 5) is 8.43. The summed E-state index contributed by atoms with van der Waals surface area (Å²) >= 11 is 0. The van der Waals surface area contributed by atoms with Crippen molar-refractivity contribution < 1.29 is 4.74 Å². The summed E-state index contributed by atoms with van der Waals surface area (Å²) in [5.74, 6) is 0.849. The van der Waals surface area contributed by atoms with Gasteiger partial charge in [0, 0.05) is 5.39 Å². The molecule has 2 aromatic rings. The van der Waals surface area contributed by atoms with Crippen molar-refractivity contribution in [2.45, 2.75) is 13.3 Å². The maximum atomic E-state index is 5.17. The molecule has 0 radical (unpaired) electrons. The minimum absolute atomic E-state index is 0.849. The van der Waals surface area contributed by atoms with E-state index < -0.39 is 0 Å². The van der Waals surface area contributed by atoms with Gasteiger partial charge in [-0.25, -0.2) is 9.97 Å². The summed E-state index contributed by atoms with van der Waals surface area (Å²) in [6.45, 7) is 2.08. The molecule has 0 N–H and O–H groups in total. The van der Waals surface area contributed by atoms with Crippen molar-refractivity contribution in [3.8, 4) is 5.75 Å². The predicted molar refractivity (Wildman–Crippen MR) is 55.5 cm³/mol. The van der Waals surface area contributed by atoms with Gasteiger partial charge in [-0.3, -0.25) is 0 Å². The topological polar surface area (TPSA) is 35.0 Å². The summed E-state index contributed by atoms with van der Waals surface area (Å²) in [6, 6.07) is 5.85. The van der Waals surface area contributed by atoms with Gasteiger partial charge >= 0.3 is 0 Å². The molecule has 3 heteroatoms. The SMILES string of the molecule is CCc1ncnc2ccc(OC)cc12. The lowest BCUT2D eigenvalue weighted by Gasteiger charge is -2.04. The van der Waals surface area contributed by atoms with Gasteiger partial charge in [0.1, 0.15) is 12.1 Å². The highest BCUT2D eigenvalue weighted by molar-refractivity contribution is 5.82. The molecule has 0 unspecified atom stereocenters. The molecule has 2 rings (SSSR count). The molecule has 0 aliphatic carbocycles. The van der Waals surface area contributed by atoms with Crippen molar-refractivity contribution in [2.75, 3.05) is 7.11 Å². The molecule has 0 spiro atoms. The van der Waals surface area contributed by atoms with Crippen LogP contribution in [-0.4, -0.2) is 17.1 Å². The fourth-order valence-electron chi connectivity index (χ4n) is 1.50. The van der Waals surface area contributed by atoms with E-state index in [1.54, 1.807) is 13.4 Å². The Morgan fingerprint density at radius 2 is 2.14 bits per heavy atom. The maximum absolute atomic E-state index is 5.17. The normalized spacial score (nSPS) is 10.4. The van der Waals surface area contributed by atoms with Gasteiger partial charge in [0.25, 0.3) is 0 Å². The number of nitrogens with zero attached hydrogens (tertiary/aromatic N) is 2. The number of methoxy groups -OCH3 is 1. The monoisotopic (exact) mass is 188 g/mol. The van der Waals surface area contributed by atoms with Crippen LogP contribution in [0.4, 0.5) is 0 Å². The summed E-state index contributed by atoms with van der Waals surface area (Å²) in [5, 5.41) is 1.08. The third-order valence-electron chi connectivity index (χ3n) is 2.26. The van der Waals surface area contributed by atoms with Crippen LogP contribution in [0.25, 0.3) is 10.9 Å². The fraction of sp³-hybridized carbons (Fsp3) is 0.273. The van der Waals surface area contributed by atoms with E-state index in [9.17, 15) is 0 Å². The van der Waals surface area contributed by atoms with Gasteiger partial charge in [0.05, 0.1) is 18.3 Å². The Morgan fingerprint density at radius 1 is 1.29 bits per heavy atom. The van der Waals surface area contributed by atoms with Gasteiger partial charge in [-0.1, -0.05) is 6.92 Å². The number of rotatable bonds is 2. The summed E-state index contributed by atoms with van der Waals surface area (Å²) in [6.07, 6.45) is 2.51. The minimum atomic E-state index is 0.849. The molecule has 0 aliphatic heterocycles. The number of aryl methyl sites for hydroxylation is 1. The van der Waals surface area contributed by atoms with Crippen LogP contribution in [0.1, 0.15) is 12.6 Å². The van der Waals surface area contributed by atoms with Gasteiger partial charge in [-0.05, 0) is 24.6 Å². The summed E-state index contributed by atoms with van der Waals surface area (Å²) < 4.78 is 5.17. The van der Waals surface area contributed by atoms with Crippen molar-refractivity contribution in [1.29, 1.82) is 0 Å². The van der Waals surface area contributed by atoms with Crippen molar-refractivity contribution in [3.63, 3.8) is 0 Å². The first-order chi connectivity index (χ1) is 6.85. The van der Waals surface area contributed by atoms with Crippen molar-refractivity contribution in [2.24, 2.45) is 0 Å². The molecule has 1 heterocycles. The molecule has 0 atom stereocenters. The van der Waals surface area contributed by atoms with Gasteiger partial charge in [0.15, 0.2) is 0 Å². The quantitative estimate of drug-likeness (QED) is 0.724. The second-order valence-electron chi connectivity index (χ2n) is 3.06. The first kappa shape index (κ1) is 8.94. The van der Waals surface area contributed by atoms with Gasteiger partial charge in [-0.2, -0.15) is 0 Å². The largest absolute Gasteiger partial charge is 0.497 e. The third-order valence-corrected chi connectivity index (χ3v) is 2.26. The molecule has 14 heavy (non-hydrogen) atoms. The molecule has 72 valence electrons. The molecule has 0 saturated carbocycles. The fourth-order valence-corrected chi connectivity index (χ4v) is 1.50. The number of fused-ring (bicyclic) bond motifs is 1. The molecule has 0 saturated heterocycles. The molecule has 1 aromatic heterocycles. The van der Waals surface area contributed by atoms with Crippen LogP contribution in [0.15, 0.2) is 24.5 Å². The molecule has 0 aliphatic rings. The Balaban J connectivity index is 2.70. The first-order valence-corrected chi connectivity index (χ1v) is 4.62. The lowest BCUT2D eigenvalue weighted by molar-refractivity contribution is 0.415. The zero-order valence-electron chi connectivity index (χ0n) is 8.32. The second kappa shape index (κ2) is 3.62. The van der Waals surface area contributed by atoms with Crippen LogP contribution in [0.2, 0.25) is 0 Å². The lowest BCUT2D eigenvalue weighted by atomic mass is 10.1. The average Bonchev–Trinajstić information content (AvgIpc) is 2.27. The zero-order valence-corrected chi connectivity index (χ0v) is 8.32. The highest BCUT2D eigenvalue weighted by Crippen LogP contribution is 2.21. The van der Waals surface area contributed by atoms with Crippen LogP contribution in [0, 0.1) is 0 Å². The van der Waals surface area contributed by atoms with Crippen LogP contribution in [0.3, 0.4) is 0 Å². The Morgan fingerprint density at radius 3 is 2.86 bits per heavy atom. The summed E-state index contributed by atoms with van der Waals surface area (Å²) in [5.41, 5.74) is 2.03. The van der Waals surface area contributed by atoms with Crippen LogP contribution in [-0.2, 0) is 6.42 Å². The molecule has 0 bridgehead atoms. The van der Waals surface area contributed by atoms with E-state index in [4.69, 9.17) is 4.74 Å². The number of benzene rings is 1. The standard InChI is InChI=1S/C11H12N2O/c1-3-10-9-6-8(14-2)4-5-11(9)13-7-12-10/h4-7H,3H2,1-2H3. The third kappa shape index (κ3) is 1.41. The predicted octanol–water partition coefficient (Wildman–Crippen LogP) is 2.20. The zero-order chi connectivity index (χ0) is 9.97. The Kier molecular flexibility index (Phi) is 2.31. The molecule has 1 aromatic carbocycles. The van der Waals surface area contributed by atoms with Gasteiger partial charge in [0.2, 0.25) is 0 Å². The minimum Gasteiger partial charge on any atom is -0.497 e. The highest BCUT2D eigenvalue weighted by atomic mass is 16.5. The van der Waals surface area contributed by atoms with E-state index in [-0.39, 0.29) is 0 Å². The number of aromatic nitrogens is 2. The van der Waals surface area contributed by atoms with E-state index >= 15 is 0 Å². The smallest absolute Gasteiger partial charge is 0.119 e. The second-order valence-corrected chi connectivity index (χ2v) is 3.06. The number of hydrogen-bond acceptors (Lipinski definition) is 3. The highest BCUT2D eigenvalue weighted by Gasteiger charge is 2.02. The van der Waals surface area contributed by atoms with E-state index in [2.05, 4.69) is 16.9 Å². The maximum Gasteiger partial charge on any atom is 0.119 e. The summed E-state index contributed by atoms with van der Waals surface area (Å²) in [7, 11) is 1.66. The molecule has 0 amide bonds. The number of hydrogen-bond donors (Lipinski definition) is 0. The van der Waals surface area contributed by atoms with Crippen molar-refractivity contribution in [3.05, 3.63) is 30.2 Å². The first-order valence-electron chi connectivity index (χ1n) is 4.62. The lowest BCUT2D eigenvalue weighted by Crippen LogP contribution is -1.92.